The van der Waals surface area contributed by atoms with Crippen LogP contribution >= 0.6 is 0 Å². The average Bonchev–Trinajstić information content (AvgIpc) is 2.29. The fourth-order valence-electron chi connectivity index (χ4n) is 1.53. The number of aliphatic hydroxyl groups excluding tert-OH is 1. The summed E-state index contributed by atoms with van der Waals surface area (Å²) in [4.78, 5) is 11.5. The van der Waals surface area contributed by atoms with Crippen LogP contribution in [0.5, 0.6) is 0 Å². The van der Waals surface area contributed by atoms with Gasteiger partial charge in [-0.25, -0.2) is 4.39 Å². The van der Waals surface area contributed by atoms with E-state index >= 15 is 0 Å². The molecule has 0 spiro atoms. The van der Waals surface area contributed by atoms with Crippen LogP contribution in [0.4, 0.5) is 4.39 Å². The van der Waals surface area contributed by atoms with Crippen LogP contribution in [0.2, 0.25) is 0 Å². The average molecular weight is 249 g/mol. The number of carbonyl (C=O) groups excluding carboxylic acids is 1. The monoisotopic (exact) mass is 249 g/mol. The van der Waals surface area contributed by atoms with Crippen LogP contribution in [0.25, 0.3) is 0 Å². The van der Waals surface area contributed by atoms with Crippen molar-refractivity contribution in [2.75, 3.05) is 0 Å². The van der Waals surface area contributed by atoms with Gasteiger partial charge in [0, 0.05) is 11.5 Å². The predicted molar refractivity (Wildman–Crippen MR) is 68.4 cm³/mol. The minimum atomic E-state index is -0.409. The number of benzene rings is 1. The Morgan fingerprint density at radius 1 is 1.28 bits per heavy atom. The standard InChI is InChI=1S/C14H16FNO2/c1-8(2)14(18)12(9(3)17)13(16)10-4-6-11(15)7-5-10/h4-8,16,18H,1-3H3/b14-12-,16-13?. The largest absolute Gasteiger partial charge is 0.511 e. The van der Waals surface area contributed by atoms with Gasteiger partial charge in [0.25, 0.3) is 0 Å². The molecular formula is C14H16FNO2. The number of halogens is 1. The summed E-state index contributed by atoms with van der Waals surface area (Å²) in [6.45, 7) is 4.76. The van der Waals surface area contributed by atoms with E-state index in [1.54, 1.807) is 13.8 Å². The molecule has 0 heterocycles. The highest BCUT2D eigenvalue weighted by atomic mass is 19.1. The Hall–Kier alpha value is -1.97. The molecule has 0 saturated heterocycles. The zero-order valence-electron chi connectivity index (χ0n) is 10.6. The molecule has 0 radical (unpaired) electrons. The van der Waals surface area contributed by atoms with E-state index in [9.17, 15) is 14.3 Å². The maximum atomic E-state index is 12.8. The van der Waals surface area contributed by atoms with Crippen LogP contribution in [0.1, 0.15) is 26.3 Å². The van der Waals surface area contributed by atoms with Crippen molar-refractivity contribution >= 4 is 11.5 Å². The molecular weight excluding hydrogens is 233 g/mol. The zero-order chi connectivity index (χ0) is 13.9. The van der Waals surface area contributed by atoms with E-state index in [1.807, 2.05) is 0 Å². The highest BCUT2D eigenvalue weighted by Gasteiger charge is 2.19. The van der Waals surface area contributed by atoms with Crippen LogP contribution < -0.4 is 0 Å². The highest BCUT2D eigenvalue weighted by molar-refractivity contribution is 6.27. The summed E-state index contributed by atoms with van der Waals surface area (Å²) in [5.74, 6) is -1.15. The highest BCUT2D eigenvalue weighted by Crippen LogP contribution is 2.18. The summed E-state index contributed by atoms with van der Waals surface area (Å²) in [7, 11) is 0. The molecule has 0 amide bonds. The number of rotatable bonds is 4. The number of carbonyl (C=O) groups is 1. The second-order valence-corrected chi connectivity index (χ2v) is 4.35. The minimum absolute atomic E-state index is 0.0170. The second-order valence-electron chi connectivity index (χ2n) is 4.35. The maximum Gasteiger partial charge on any atom is 0.165 e. The van der Waals surface area contributed by atoms with Gasteiger partial charge in [0.2, 0.25) is 0 Å². The number of Topliss-reactive ketones (excluding diaryl/α,β-unsaturated/α-hetero) is 1. The number of allylic oxidation sites excluding steroid dienone is 2. The Morgan fingerprint density at radius 3 is 2.17 bits per heavy atom. The van der Waals surface area contributed by atoms with Crippen LogP contribution in [-0.2, 0) is 4.79 Å². The lowest BCUT2D eigenvalue weighted by Gasteiger charge is -2.12. The summed E-state index contributed by atoms with van der Waals surface area (Å²) in [5.41, 5.74) is 0.291. The third-order valence-corrected chi connectivity index (χ3v) is 2.54. The zero-order valence-corrected chi connectivity index (χ0v) is 10.6. The lowest BCUT2D eigenvalue weighted by molar-refractivity contribution is -0.113. The molecule has 0 unspecified atom stereocenters. The lowest BCUT2D eigenvalue weighted by atomic mass is 9.95. The van der Waals surface area contributed by atoms with Crippen molar-refractivity contribution in [1.82, 2.24) is 0 Å². The van der Waals surface area contributed by atoms with Gasteiger partial charge in [0.05, 0.1) is 11.3 Å². The Labute approximate surface area is 105 Å². The van der Waals surface area contributed by atoms with Crippen molar-refractivity contribution in [1.29, 1.82) is 5.41 Å². The van der Waals surface area contributed by atoms with E-state index in [-0.39, 0.29) is 28.7 Å². The molecule has 1 aromatic rings. The van der Waals surface area contributed by atoms with Gasteiger partial charge in [-0.15, -0.1) is 0 Å². The molecule has 4 heteroatoms. The molecule has 0 aliphatic heterocycles. The van der Waals surface area contributed by atoms with Gasteiger partial charge in [-0.3, -0.25) is 10.2 Å². The number of nitrogens with one attached hydrogen (secondary N) is 1. The first-order valence-electron chi connectivity index (χ1n) is 5.63. The van der Waals surface area contributed by atoms with Crippen LogP contribution in [-0.4, -0.2) is 16.6 Å². The molecule has 0 saturated carbocycles. The summed E-state index contributed by atoms with van der Waals surface area (Å²) >= 11 is 0. The summed E-state index contributed by atoms with van der Waals surface area (Å²) in [5, 5.41) is 17.8. The Bertz CT molecular complexity index is 501. The Balaban J connectivity index is 3.24. The smallest absolute Gasteiger partial charge is 0.165 e. The van der Waals surface area contributed by atoms with Crippen molar-refractivity contribution in [3.63, 3.8) is 0 Å². The van der Waals surface area contributed by atoms with Crippen molar-refractivity contribution in [2.45, 2.75) is 20.8 Å². The number of ketones is 1. The van der Waals surface area contributed by atoms with Gasteiger partial charge in [-0.2, -0.15) is 0 Å². The fraction of sp³-hybridized carbons (Fsp3) is 0.286. The molecule has 0 aliphatic carbocycles. The SMILES string of the molecule is CC(=O)/C(C(=N)c1ccc(F)cc1)=C(/O)C(C)C. The molecule has 1 rings (SSSR count). The molecule has 0 atom stereocenters. The van der Waals surface area contributed by atoms with E-state index in [1.165, 1.54) is 31.2 Å². The first-order chi connectivity index (χ1) is 8.34. The van der Waals surface area contributed by atoms with Gasteiger partial charge < -0.3 is 5.11 Å². The van der Waals surface area contributed by atoms with E-state index < -0.39 is 5.82 Å². The third-order valence-electron chi connectivity index (χ3n) is 2.54. The predicted octanol–water partition coefficient (Wildman–Crippen LogP) is 3.25. The molecule has 0 fully saturated rings. The first kappa shape index (κ1) is 14.1. The Kier molecular flexibility index (Phi) is 4.37. The molecule has 1 aromatic carbocycles. The van der Waals surface area contributed by atoms with E-state index in [0.717, 1.165) is 0 Å². The van der Waals surface area contributed by atoms with Crippen LogP contribution in [0, 0.1) is 17.1 Å². The van der Waals surface area contributed by atoms with Gasteiger partial charge in [0.15, 0.2) is 5.78 Å². The quantitative estimate of drug-likeness (QED) is 0.489. The number of hydrogen-bond acceptors (Lipinski definition) is 3. The van der Waals surface area contributed by atoms with E-state index in [4.69, 9.17) is 5.41 Å². The number of aliphatic hydroxyl groups is 1. The minimum Gasteiger partial charge on any atom is -0.511 e. The first-order valence-corrected chi connectivity index (χ1v) is 5.63. The van der Waals surface area contributed by atoms with E-state index in [2.05, 4.69) is 0 Å². The molecule has 18 heavy (non-hydrogen) atoms. The molecule has 96 valence electrons. The molecule has 2 N–H and O–H groups in total. The summed E-state index contributed by atoms with van der Waals surface area (Å²) in [6.07, 6.45) is 0. The second kappa shape index (κ2) is 5.58. The topological polar surface area (TPSA) is 61.2 Å². The maximum absolute atomic E-state index is 12.8. The van der Waals surface area contributed by atoms with Crippen molar-refractivity contribution in [3.8, 4) is 0 Å². The van der Waals surface area contributed by atoms with Gasteiger partial charge in [-0.05, 0) is 31.2 Å². The Morgan fingerprint density at radius 2 is 1.78 bits per heavy atom. The van der Waals surface area contributed by atoms with Crippen molar-refractivity contribution in [3.05, 3.63) is 47.0 Å². The van der Waals surface area contributed by atoms with Crippen molar-refractivity contribution < 1.29 is 14.3 Å². The van der Waals surface area contributed by atoms with Gasteiger partial charge in [-0.1, -0.05) is 13.8 Å². The van der Waals surface area contributed by atoms with E-state index in [0.29, 0.717) is 5.56 Å². The van der Waals surface area contributed by atoms with Crippen LogP contribution in [0.3, 0.4) is 0 Å². The lowest BCUT2D eigenvalue weighted by Crippen LogP contribution is -2.16. The normalized spacial score (nSPS) is 12.3. The fourth-order valence-corrected chi connectivity index (χ4v) is 1.53. The van der Waals surface area contributed by atoms with Gasteiger partial charge >= 0.3 is 0 Å². The summed E-state index contributed by atoms with van der Waals surface area (Å²) < 4.78 is 12.8. The molecule has 0 bridgehead atoms. The number of hydrogen-bond donors (Lipinski definition) is 2. The summed E-state index contributed by atoms with van der Waals surface area (Å²) in [6, 6.07) is 5.25. The van der Waals surface area contributed by atoms with Crippen molar-refractivity contribution in [2.24, 2.45) is 5.92 Å². The molecule has 3 nitrogen and oxygen atoms in total. The molecule has 0 aromatic heterocycles. The van der Waals surface area contributed by atoms with Crippen LogP contribution in [0.15, 0.2) is 35.6 Å². The third kappa shape index (κ3) is 3.03. The molecule has 0 aliphatic rings. The van der Waals surface area contributed by atoms with Gasteiger partial charge in [0.1, 0.15) is 11.6 Å².